The number of nitrogens with one attached hydrogen (secondary N) is 1. The molecule has 2 aromatic carbocycles. The Kier molecular flexibility index (Phi) is 5.90. The summed E-state index contributed by atoms with van der Waals surface area (Å²) in [5, 5.41) is 21.7. The van der Waals surface area contributed by atoms with Crippen LogP contribution in [0.3, 0.4) is 0 Å². The molecule has 2 aromatic rings. The third-order valence-corrected chi connectivity index (χ3v) is 3.69. The first-order valence-electron chi connectivity index (χ1n) is 7.55. The minimum absolute atomic E-state index is 0.165. The van der Waals surface area contributed by atoms with E-state index in [0.717, 1.165) is 22.3 Å². The predicted octanol–water partition coefficient (Wildman–Crippen LogP) is 2.45. The van der Waals surface area contributed by atoms with E-state index in [-0.39, 0.29) is 25.3 Å². The summed E-state index contributed by atoms with van der Waals surface area (Å²) in [5.41, 5.74) is 3.61. The van der Waals surface area contributed by atoms with E-state index in [0.29, 0.717) is 0 Å². The Labute approximate surface area is 136 Å². The molecule has 0 aromatic heterocycles. The third-order valence-electron chi connectivity index (χ3n) is 3.69. The Morgan fingerprint density at radius 2 is 1.83 bits per heavy atom. The van der Waals surface area contributed by atoms with Crippen LogP contribution in [0.1, 0.15) is 28.4 Å². The number of hydrogen-bond donors (Lipinski definition) is 2. The fourth-order valence-electron chi connectivity index (χ4n) is 2.34. The number of carbonyl (C=O) groups excluding carboxylic acids is 1. The highest BCUT2D eigenvalue weighted by molar-refractivity contribution is 5.79. The molecule has 1 unspecified atom stereocenters. The maximum atomic E-state index is 12.1. The van der Waals surface area contributed by atoms with Gasteiger partial charge < -0.3 is 10.4 Å². The normalized spacial score (nSPS) is 11.5. The second-order valence-corrected chi connectivity index (χ2v) is 5.51. The summed E-state index contributed by atoms with van der Waals surface area (Å²) < 4.78 is 0. The number of aliphatic hydroxyl groups excluding tert-OH is 1. The van der Waals surface area contributed by atoms with Gasteiger partial charge in [-0.3, -0.25) is 4.79 Å². The zero-order valence-corrected chi connectivity index (χ0v) is 13.1. The predicted molar refractivity (Wildman–Crippen MR) is 88.6 cm³/mol. The van der Waals surface area contributed by atoms with Crippen LogP contribution in [0.4, 0.5) is 0 Å². The minimum atomic E-state index is -0.728. The molecule has 0 spiro atoms. The Morgan fingerprint density at radius 1 is 1.17 bits per heavy atom. The highest BCUT2D eigenvalue weighted by atomic mass is 16.3. The van der Waals surface area contributed by atoms with E-state index in [1.54, 1.807) is 0 Å². The summed E-state index contributed by atoms with van der Waals surface area (Å²) in [6.07, 6.45) is -0.234. The maximum Gasteiger partial charge on any atom is 0.224 e. The Bertz CT molecular complexity index is 702. The van der Waals surface area contributed by atoms with Crippen molar-refractivity contribution >= 4 is 5.91 Å². The van der Waals surface area contributed by atoms with Crippen molar-refractivity contribution in [2.75, 3.05) is 6.54 Å². The lowest BCUT2D eigenvalue weighted by Crippen LogP contribution is -2.29. The van der Waals surface area contributed by atoms with Gasteiger partial charge in [0.25, 0.3) is 0 Å². The van der Waals surface area contributed by atoms with Crippen LogP contribution in [0.15, 0.2) is 48.5 Å². The molecular formula is C19H20N2O2. The quantitative estimate of drug-likeness (QED) is 0.861. The zero-order chi connectivity index (χ0) is 16.7. The molecule has 2 rings (SSSR count). The van der Waals surface area contributed by atoms with Gasteiger partial charge in [0.15, 0.2) is 0 Å². The van der Waals surface area contributed by atoms with Gasteiger partial charge >= 0.3 is 0 Å². The van der Waals surface area contributed by atoms with Crippen molar-refractivity contribution < 1.29 is 9.90 Å². The Balaban J connectivity index is 1.90. The van der Waals surface area contributed by atoms with E-state index in [1.165, 1.54) is 0 Å². The van der Waals surface area contributed by atoms with Crippen LogP contribution in [0.5, 0.6) is 0 Å². The molecule has 4 heteroatoms. The Hall–Kier alpha value is -2.64. The van der Waals surface area contributed by atoms with Gasteiger partial charge in [0, 0.05) is 6.54 Å². The van der Waals surface area contributed by atoms with Crippen molar-refractivity contribution in [3.8, 4) is 6.07 Å². The maximum absolute atomic E-state index is 12.1. The second-order valence-electron chi connectivity index (χ2n) is 5.51. The molecule has 0 heterocycles. The smallest absolute Gasteiger partial charge is 0.224 e. The lowest BCUT2D eigenvalue weighted by Gasteiger charge is -2.13. The van der Waals surface area contributed by atoms with Crippen LogP contribution >= 0.6 is 0 Å². The number of aliphatic hydroxyl groups is 1. The molecule has 1 amide bonds. The van der Waals surface area contributed by atoms with Crippen molar-refractivity contribution in [2.45, 2.75) is 25.9 Å². The van der Waals surface area contributed by atoms with Crippen molar-refractivity contribution in [1.29, 1.82) is 5.26 Å². The van der Waals surface area contributed by atoms with Gasteiger partial charge in [-0.1, -0.05) is 54.1 Å². The summed E-state index contributed by atoms with van der Waals surface area (Å²) in [7, 11) is 0. The third kappa shape index (κ3) is 4.94. The van der Waals surface area contributed by atoms with Crippen molar-refractivity contribution in [2.24, 2.45) is 0 Å². The summed E-state index contributed by atoms with van der Waals surface area (Å²) >= 11 is 0. The molecule has 0 aliphatic rings. The number of nitrogens with zero attached hydrogens (tertiary/aromatic N) is 1. The van der Waals surface area contributed by atoms with E-state index in [1.807, 2.05) is 55.5 Å². The number of aryl methyl sites for hydroxylation is 1. The van der Waals surface area contributed by atoms with E-state index in [2.05, 4.69) is 11.4 Å². The van der Waals surface area contributed by atoms with Gasteiger partial charge in [0.1, 0.15) is 0 Å². The number of benzene rings is 2. The number of amides is 1. The average molecular weight is 308 g/mol. The molecule has 0 aliphatic heterocycles. The molecule has 0 saturated heterocycles. The summed E-state index contributed by atoms with van der Waals surface area (Å²) in [5.74, 6) is -0.165. The van der Waals surface area contributed by atoms with E-state index >= 15 is 0 Å². The highest BCUT2D eigenvalue weighted by Crippen LogP contribution is 2.13. The number of nitriles is 1. The van der Waals surface area contributed by atoms with Gasteiger partial charge in [-0.25, -0.2) is 0 Å². The molecule has 23 heavy (non-hydrogen) atoms. The fourth-order valence-corrected chi connectivity index (χ4v) is 2.34. The lowest BCUT2D eigenvalue weighted by molar-refractivity contribution is -0.120. The zero-order valence-electron chi connectivity index (χ0n) is 13.1. The van der Waals surface area contributed by atoms with Crippen LogP contribution in [0.2, 0.25) is 0 Å². The van der Waals surface area contributed by atoms with Gasteiger partial charge in [-0.2, -0.15) is 5.26 Å². The summed E-state index contributed by atoms with van der Waals surface area (Å²) in [6.45, 7) is 2.15. The lowest BCUT2D eigenvalue weighted by atomic mass is 10.0. The van der Waals surface area contributed by atoms with Gasteiger partial charge in [-0.05, 0) is 23.6 Å². The standard InChI is InChI=1S/C19H20N2O2/c1-14-6-8-16(9-7-14)18(22)13-21-19(23)12-17-5-3-2-4-15(17)10-11-20/h2-9,18,22H,10,12-13H2,1H3,(H,21,23). The van der Waals surface area contributed by atoms with Crippen LogP contribution < -0.4 is 5.32 Å². The highest BCUT2D eigenvalue weighted by Gasteiger charge is 2.11. The van der Waals surface area contributed by atoms with Crippen LogP contribution in [0.25, 0.3) is 0 Å². The molecule has 0 radical (unpaired) electrons. The van der Waals surface area contributed by atoms with Crippen molar-refractivity contribution in [3.05, 3.63) is 70.8 Å². The number of rotatable bonds is 6. The van der Waals surface area contributed by atoms with E-state index in [9.17, 15) is 9.90 Å². The molecule has 0 fully saturated rings. The fraction of sp³-hybridized carbons (Fsp3) is 0.263. The molecule has 0 aliphatic carbocycles. The van der Waals surface area contributed by atoms with Gasteiger partial charge in [0.2, 0.25) is 5.91 Å². The topological polar surface area (TPSA) is 73.1 Å². The SMILES string of the molecule is Cc1ccc(C(O)CNC(=O)Cc2ccccc2CC#N)cc1. The molecule has 0 bridgehead atoms. The molecule has 2 N–H and O–H groups in total. The summed E-state index contributed by atoms with van der Waals surface area (Å²) in [6, 6.07) is 17.1. The van der Waals surface area contributed by atoms with Crippen molar-refractivity contribution in [1.82, 2.24) is 5.32 Å². The second kappa shape index (κ2) is 8.11. The molecule has 1 atom stereocenters. The molecule has 4 nitrogen and oxygen atoms in total. The average Bonchev–Trinajstić information content (AvgIpc) is 2.55. The molecule has 118 valence electrons. The molecular weight excluding hydrogens is 288 g/mol. The minimum Gasteiger partial charge on any atom is -0.387 e. The summed E-state index contributed by atoms with van der Waals surface area (Å²) in [4.78, 5) is 12.1. The first kappa shape index (κ1) is 16.7. The number of hydrogen-bond acceptors (Lipinski definition) is 3. The van der Waals surface area contributed by atoms with Crippen LogP contribution in [-0.4, -0.2) is 17.6 Å². The monoisotopic (exact) mass is 308 g/mol. The van der Waals surface area contributed by atoms with Gasteiger partial charge in [-0.15, -0.1) is 0 Å². The van der Waals surface area contributed by atoms with E-state index < -0.39 is 6.10 Å². The van der Waals surface area contributed by atoms with Crippen LogP contribution in [-0.2, 0) is 17.6 Å². The van der Waals surface area contributed by atoms with Crippen molar-refractivity contribution in [3.63, 3.8) is 0 Å². The van der Waals surface area contributed by atoms with E-state index in [4.69, 9.17) is 5.26 Å². The first-order chi connectivity index (χ1) is 11.1. The Morgan fingerprint density at radius 3 is 2.48 bits per heavy atom. The van der Waals surface area contributed by atoms with Gasteiger partial charge in [0.05, 0.1) is 25.0 Å². The largest absolute Gasteiger partial charge is 0.387 e. The number of carbonyl (C=O) groups is 1. The van der Waals surface area contributed by atoms with Crippen LogP contribution in [0, 0.1) is 18.3 Å². The first-order valence-corrected chi connectivity index (χ1v) is 7.55. The molecule has 0 saturated carbocycles.